The van der Waals surface area contributed by atoms with Crippen LogP contribution in [0.25, 0.3) is 5.57 Å². The summed E-state index contributed by atoms with van der Waals surface area (Å²) in [5, 5.41) is 0. The fraction of sp³-hybridized carbons (Fsp3) is 0.286. The molecule has 0 amide bonds. The second-order valence-corrected chi connectivity index (χ2v) is 7.06. The van der Waals surface area contributed by atoms with Crippen LogP contribution in [0.15, 0.2) is 59.6 Å². The molecule has 6 heteroatoms. The lowest BCUT2D eigenvalue weighted by Crippen LogP contribution is -2.46. The Morgan fingerprint density at radius 3 is 2.81 bits per heavy atom. The molecule has 6 nitrogen and oxygen atoms in total. The van der Waals surface area contributed by atoms with Gasteiger partial charge in [-0.2, -0.15) is 0 Å². The normalized spacial score (nSPS) is 29.6. The maximum atomic E-state index is 12.7. The van der Waals surface area contributed by atoms with E-state index in [2.05, 4.69) is 0 Å². The van der Waals surface area contributed by atoms with E-state index in [4.69, 9.17) is 23.7 Å². The van der Waals surface area contributed by atoms with E-state index in [9.17, 15) is 4.79 Å². The molecule has 27 heavy (non-hydrogen) atoms. The Labute approximate surface area is 155 Å². The number of hydrogen-bond donors (Lipinski definition) is 0. The molecule has 3 heterocycles. The molecule has 0 aromatic heterocycles. The lowest BCUT2D eigenvalue weighted by Gasteiger charge is -2.47. The van der Waals surface area contributed by atoms with Crippen LogP contribution in [0.1, 0.15) is 12.0 Å². The summed E-state index contributed by atoms with van der Waals surface area (Å²) < 4.78 is 27.9. The van der Waals surface area contributed by atoms with Gasteiger partial charge in [0.1, 0.15) is 0 Å². The zero-order chi connectivity index (χ0) is 18.0. The van der Waals surface area contributed by atoms with Gasteiger partial charge in [0.25, 0.3) is 0 Å². The SMILES string of the molecule is O=C1OCCC23C(=CC=CC12)C1=C(C=C3c2ccc3c(c2)OCO3)OCO1. The Balaban J connectivity index is 1.60. The quantitative estimate of drug-likeness (QED) is 0.714. The molecule has 1 aromatic carbocycles. The molecule has 1 spiro atoms. The first kappa shape index (κ1) is 15.0. The number of esters is 1. The van der Waals surface area contributed by atoms with Crippen molar-refractivity contribution in [3.8, 4) is 11.5 Å². The number of hydrogen-bond acceptors (Lipinski definition) is 6. The van der Waals surface area contributed by atoms with E-state index in [0.717, 1.165) is 28.2 Å². The predicted octanol–water partition coefficient (Wildman–Crippen LogP) is 3.07. The van der Waals surface area contributed by atoms with Gasteiger partial charge in [0.05, 0.1) is 12.5 Å². The number of carbonyl (C=O) groups excluding carboxylic acids is 1. The molecule has 136 valence electrons. The number of benzene rings is 1. The predicted molar refractivity (Wildman–Crippen MR) is 93.3 cm³/mol. The van der Waals surface area contributed by atoms with E-state index >= 15 is 0 Å². The fourth-order valence-corrected chi connectivity index (χ4v) is 4.71. The first-order chi connectivity index (χ1) is 13.3. The van der Waals surface area contributed by atoms with Crippen LogP contribution in [0.5, 0.6) is 11.5 Å². The second-order valence-electron chi connectivity index (χ2n) is 7.06. The summed E-state index contributed by atoms with van der Waals surface area (Å²) in [6.45, 7) is 0.770. The lowest BCUT2D eigenvalue weighted by atomic mass is 9.57. The maximum absolute atomic E-state index is 12.7. The monoisotopic (exact) mass is 364 g/mol. The average Bonchev–Trinajstić information content (AvgIpc) is 3.35. The Kier molecular flexibility index (Phi) is 2.88. The molecule has 6 rings (SSSR count). The van der Waals surface area contributed by atoms with E-state index in [-0.39, 0.29) is 19.6 Å². The lowest BCUT2D eigenvalue weighted by molar-refractivity contribution is -0.155. The summed E-state index contributed by atoms with van der Waals surface area (Å²) in [7, 11) is 0. The molecule has 2 aliphatic carbocycles. The molecular weight excluding hydrogens is 348 g/mol. The van der Waals surface area contributed by atoms with E-state index < -0.39 is 11.3 Å². The molecule has 1 aromatic rings. The van der Waals surface area contributed by atoms with Crippen LogP contribution in [0.2, 0.25) is 0 Å². The Hall–Kier alpha value is -3.15. The van der Waals surface area contributed by atoms with Crippen molar-refractivity contribution in [2.24, 2.45) is 11.3 Å². The van der Waals surface area contributed by atoms with Crippen LogP contribution in [0.3, 0.4) is 0 Å². The zero-order valence-electron chi connectivity index (χ0n) is 14.4. The molecule has 2 atom stereocenters. The zero-order valence-corrected chi connectivity index (χ0v) is 14.4. The third-order valence-electron chi connectivity index (χ3n) is 5.90. The van der Waals surface area contributed by atoms with Crippen molar-refractivity contribution in [2.45, 2.75) is 6.42 Å². The Morgan fingerprint density at radius 1 is 0.963 bits per heavy atom. The second kappa shape index (κ2) is 5.19. The highest BCUT2D eigenvalue weighted by Crippen LogP contribution is 2.60. The van der Waals surface area contributed by atoms with E-state index in [1.54, 1.807) is 0 Å². The average molecular weight is 364 g/mol. The first-order valence-corrected chi connectivity index (χ1v) is 8.95. The number of allylic oxidation sites excluding steroid dienone is 5. The molecule has 2 unspecified atom stereocenters. The summed E-state index contributed by atoms with van der Waals surface area (Å²) in [6.07, 6.45) is 8.54. The van der Waals surface area contributed by atoms with Crippen LogP contribution in [-0.4, -0.2) is 26.2 Å². The minimum Gasteiger partial charge on any atom is -0.465 e. The number of ether oxygens (including phenoxy) is 5. The van der Waals surface area contributed by atoms with Gasteiger partial charge in [0, 0.05) is 11.0 Å². The maximum Gasteiger partial charge on any atom is 0.314 e. The van der Waals surface area contributed by atoms with Crippen molar-refractivity contribution < 1.29 is 28.5 Å². The summed E-state index contributed by atoms with van der Waals surface area (Å²) >= 11 is 0. The molecular formula is C21H16O6. The molecule has 0 radical (unpaired) electrons. The number of rotatable bonds is 1. The summed E-state index contributed by atoms with van der Waals surface area (Å²) in [5.41, 5.74) is 2.43. The van der Waals surface area contributed by atoms with E-state index in [1.807, 2.05) is 42.5 Å². The fourth-order valence-electron chi connectivity index (χ4n) is 4.71. The van der Waals surface area contributed by atoms with Crippen molar-refractivity contribution in [1.29, 1.82) is 0 Å². The van der Waals surface area contributed by atoms with Crippen LogP contribution in [0.4, 0.5) is 0 Å². The molecule has 0 bridgehead atoms. The van der Waals surface area contributed by atoms with Crippen molar-refractivity contribution in [3.63, 3.8) is 0 Å². The molecule has 5 aliphatic rings. The number of cyclic esters (lactones) is 1. The van der Waals surface area contributed by atoms with Gasteiger partial charge in [0.2, 0.25) is 13.6 Å². The highest BCUT2D eigenvalue weighted by Gasteiger charge is 2.56. The third kappa shape index (κ3) is 1.87. The van der Waals surface area contributed by atoms with Crippen LogP contribution in [0, 0.1) is 11.3 Å². The van der Waals surface area contributed by atoms with Gasteiger partial charge in [-0.15, -0.1) is 0 Å². The summed E-state index contributed by atoms with van der Waals surface area (Å²) in [6, 6.07) is 5.88. The smallest absolute Gasteiger partial charge is 0.314 e. The highest BCUT2D eigenvalue weighted by molar-refractivity contribution is 5.89. The topological polar surface area (TPSA) is 63.2 Å². The number of carbonyl (C=O) groups is 1. The van der Waals surface area contributed by atoms with Crippen molar-refractivity contribution in [1.82, 2.24) is 0 Å². The minimum atomic E-state index is -0.537. The molecule has 0 saturated carbocycles. The van der Waals surface area contributed by atoms with Crippen molar-refractivity contribution in [3.05, 3.63) is 65.2 Å². The molecule has 0 N–H and O–H groups in total. The van der Waals surface area contributed by atoms with Crippen LogP contribution >= 0.6 is 0 Å². The third-order valence-corrected chi connectivity index (χ3v) is 5.90. The Morgan fingerprint density at radius 2 is 1.85 bits per heavy atom. The van der Waals surface area contributed by atoms with Gasteiger partial charge < -0.3 is 23.7 Å². The largest absolute Gasteiger partial charge is 0.465 e. The van der Waals surface area contributed by atoms with Crippen LogP contribution < -0.4 is 9.47 Å². The van der Waals surface area contributed by atoms with Gasteiger partial charge in [0.15, 0.2) is 23.0 Å². The van der Waals surface area contributed by atoms with Gasteiger partial charge in [-0.05, 0) is 35.8 Å². The first-order valence-electron chi connectivity index (χ1n) is 8.95. The molecule has 3 aliphatic heterocycles. The summed E-state index contributed by atoms with van der Waals surface area (Å²) in [4.78, 5) is 12.7. The van der Waals surface area contributed by atoms with Gasteiger partial charge >= 0.3 is 5.97 Å². The van der Waals surface area contributed by atoms with E-state index in [1.165, 1.54) is 0 Å². The van der Waals surface area contributed by atoms with Crippen LogP contribution in [-0.2, 0) is 19.0 Å². The Bertz CT molecular complexity index is 998. The van der Waals surface area contributed by atoms with Gasteiger partial charge in [-0.1, -0.05) is 24.3 Å². The number of fused-ring (bicyclic) bond motifs is 2. The van der Waals surface area contributed by atoms with Gasteiger partial charge in [-0.3, -0.25) is 4.79 Å². The van der Waals surface area contributed by atoms with Crippen molar-refractivity contribution >= 4 is 11.5 Å². The minimum absolute atomic E-state index is 0.182. The van der Waals surface area contributed by atoms with E-state index in [0.29, 0.717) is 24.5 Å². The highest BCUT2D eigenvalue weighted by atomic mass is 16.7. The standard InChI is InChI=1S/C21H16O6/c22-20-14-3-1-2-13-19-18(26-11-27-19)9-15(21(13,14)6-7-23-20)12-4-5-16-17(8-12)25-10-24-16/h1-5,8-9,14H,6-7,10-11H2. The summed E-state index contributed by atoms with van der Waals surface area (Å²) in [5.74, 6) is 2.25. The van der Waals surface area contributed by atoms with Crippen molar-refractivity contribution in [2.75, 3.05) is 20.2 Å². The molecule has 1 fully saturated rings. The van der Waals surface area contributed by atoms with Gasteiger partial charge in [-0.25, -0.2) is 0 Å². The molecule has 1 saturated heterocycles.